The molecule has 0 aromatic heterocycles. The van der Waals surface area contributed by atoms with Crippen molar-refractivity contribution in [3.63, 3.8) is 0 Å². The van der Waals surface area contributed by atoms with Crippen LogP contribution in [-0.4, -0.2) is 17.4 Å². The molecular weight excluding hydrogens is 243 g/mol. The van der Waals surface area contributed by atoms with Crippen molar-refractivity contribution < 1.29 is 9.72 Å². The first-order chi connectivity index (χ1) is 7.00. The Hall–Kier alpha value is -1.33. The van der Waals surface area contributed by atoms with Gasteiger partial charge >= 0.3 is 0 Å². The summed E-state index contributed by atoms with van der Waals surface area (Å²) in [5.41, 5.74) is 0.188. The van der Waals surface area contributed by atoms with E-state index in [0.717, 1.165) is 0 Å². The lowest BCUT2D eigenvalue weighted by atomic mass is 10.3. The van der Waals surface area contributed by atoms with Crippen molar-refractivity contribution in [2.45, 2.75) is 0 Å². The van der Waals surface area contributed by atoms with Gasteiger partial charge in [-0.1, -0.05) is 29.3 Å². The second-order valence-electron chi connectivity index (χ2n) is 2.64. The molecular formula is C8H6Cl2N2O3. The summed E-state index contributed by atoms with van der Waals surface area (Å²) in [5, 5.41) is 12.8. The number of nitrogens with zero attached hydrogens (tertiary/aromatic N) is 1. The van der Waals surface area contributed by atoms with Crippen LogP contribution in [0.1, 0.15) is 0 Å². The van der Waals surface area contributed by atoms with E-state index in [9.17, 15) is 14.9 Å². The summed E-state index contributed by atoms with van der Waals surface area (Å²) in [5.74, 6) is -0.769. The summed E-state index contributed by atoms with van der Waals surface area (Å²) < 4.78 is 0. The van der Waals surface area contributed by atoms with Crippen LogP contribution in [0.4, 0.5) is 5.69 Å². The van der Waals surface area contributed by atoms with E-state index in [1.165, 1.54) is 12.1 Å². The van der Waals surface area contributed by atoms with Crippen LogP contribution < -0.4 is 5.32 Å². The van der Waals surface area contributed by atoms with Crippen LogP contribution in [0.3, 0.4) is 0 Å². The SMILES string of the molecule is O=C(C[N+](=O)[O-])Nc1c(Cl)cccc1Cl. The summed E-state index contributed by atoms with van der Waals surface area (Å²) in [6, 6.07) is 4.65. The molecule has 80 valence electrons. The summed E-state index contributed by atoms with van der Waals surface area (Å²) >= 11 is 11.5. The second kappa shape index (κ2) is 4.95. The van der Waals surface area contributed by atoms with Gasteiger partial charge in [0, 0.05) is 4.92 Å². The van der Waals surface area contributed by atoms with Gasteiger partial charge in [-0.2, -0.15) is 0 Å². The summed E-state index contributed by atoms with van der Waals surface area (Å²) in [4.78, 5) is 20.4. The average Bonchev–Trinajstić information content (AvgIpc) is 2.10. The smallest absolute Gasteiger partial charge is 0.296 e. The van der Waals surface area contributed by atoms with E-state index in [2.05, 4.69) is 5.32 Å². The molecule has 1 aromatic carbocycles. The van der Waals surface area contributed by atoms with E-state index in [1.807, 2.05) is 0 Å². The van der Waals surface area contributed by atoms with Crippen LogP contribution in [0.15, 0.2) is 18.2 Å². The molecule has 0 saturated carbocycles. The third kappa shape index (κ3) is 3.38. The van der Waals surface area contributed by atoms with Crippen LogP contribution >= 0.6 is 23.2 Å². The maximum Gasteiger partial charge on any atom is 0.296 e. The molecule has 0 spiro atoms. The summed E-state index contributed by atoms with van der Waals surface area (Å²) in [7, 11) is 0. The highest BCUT2D eigenvalue weighted by atomic mass is 35.5. The van der Waals surface area contributed by atoms with Gasteiger partial charge in [0.05, 0.1) is 15.7 Å². The first kappa shape index (κ1) is 11.7. The molecule has 0 saturated heterocycles. The van der Waals surface area contributed by atoms with Crippen molar-refractivity contribution in [2.24, 2.45) is 0 Å². The predicted octanol–water partition coefficient (Wildman–Crippen LogP) is 2.21. The van der Waals surface area contributed by atoms with E-state index in [4.69, 9.17) is 23.2 Å². The fourth-order valence-electron chi connectivity index (χ4n) is 0.913. The van der Waals surface area contributed by atoms with E-state index in [0.29, 0.717) is 0 Å². The highest BCUT2D eigenvalue weighted by molar-refractivity contribution is 6.39. The number of rotatable bonds is 3. The fraction of sp³-hybridized carbons (Fsp3) is 0.125. The Kier molecular flexibility index (Phi) is 3.88. The van der Waals surface area contributed by atoms with Crippen molar-refractivity contribution in [1.29, 1.82) is 0 Å². The van der Waals surface area contributed by atoms with E-state index in [-0.39, 0.29) is 15.7 Å². The Morgan fingerprint density at radius 3 is 2.40 bits per heavy atom. The number of amides is 1. The zero-order valence-corrected chi connectivity index (χ0v) is 8.88. The largest absolute Gasteiger partial charge is 0.318 e. The molecule has 0 unspecified atom stereocenters. The number of hydrogen-bond donors (Lipinski definition) is 1. The maximum absolute atomic E-state index is 11.1. The molecule has 0 atom stereocenters. The minimum atomic E-state index is -0.818. The Balaban J connectivity index is 2.80. The number of para-hydroxylation sites is 1. The van der Waals surface area contributed by atoms with Gasteiger partial charge < -0.3 is 5.32 Å². The molecule has 0 bridgehead atoms. The van der Waals surface area contributed by atoms with Gasteiger partial charge in [0.1, 0.15) is 0 Å². The number of halogens is 2. The van der Waals surface area contributed by atoms with E-state index in [1.54, 1.807) is 6.07 Å². The lowest BCUT2D eigenvalue weighted by Crippen LogP contribution is -2.21. The van der Waals surface area contributed by atoms with Crippen molar-refractivity contribution in [1.82, 2.24) is 0 Å². The van der Waals surface area contributed by atoms with Crippen molar-refractivity contribution in [3.8, 4) is 0 Å². The van der Waals surface area contributed by atoms with Gasteiger partial charge in [-0.25, -0.2) is 0 Å². The topological polar surface area (TPSA) is 72.2 Å². The molecule has 1 N–H and O–H groups in total. The van der Waals surface area contributed by atoms with Crippen LogP contribution in [0.5, 0.6) is 0 Å². The lowest BCUT2D eigenvalue weighted by molar-refractivity contribution is -0.467. The third-order valence-electron chi connectivity index (χ3n) is 1.50. The minimum Gasteiger partial charge on any atom is -0.318 e. The number of nitro groups is 1. The minimum absolute atomic E-state index is 0.188. The molecule has 0 heterocycles. The number of carbonyl (C=O) groups is 1. The van der Waals surface area contributed by atoms with Gasteiger partial charge in [-0.3, -0.25) is 14.9 Å². The zero-order chi connectivity index (χ0) is 11.4. The van der Waals surface area contributed by atoms with Gasteiger partial charge in [0.25, 0.3) is 12.5 Å². The van der Waals surface area contributed by atoms with Crippen molar-refractivity contribution >= 4 is 34.8 Å². The van der Waals surface area contributed by atoms with Gasteiger partial charge in [-0.05, 0) is 12.1 Å². The fourth-order valence-corrected chi connectivity index (χ4v) is 1.41. The highest BCUT2D eigenvalue weighted by Crippen LogP contribution is 2.29. The van der Waals surface area contributed by atoms with Crippen molar-refractivity contribution in [3.05, 3.63) is 38.4 Å². The highest BCUT2D eigenvalue weighted by Gasteiger charge is 2.13. The van der Waals surface area contributed by atoms with Crippen LogP contribution in [-0.2, 0) is 4.79 Å². The number of hydrogen-bond acceptors (Lipinski definition) is 3. The van der Waals surface area contributed by atoms with Gasteiger partial charge in [0.2, 0.25) is 0 Å². The van der Waals surface area contributed by atoms with Crippen molar-refractivity contribution in [2.75, 3.05) is 11.9 Å². The molecule has 7 heteroatoms. The molecule has 0 aliphatic rings. The molecule has 5 nitrogen and oxygen atoms in total. The van der Waals surface area contributed by atoms with E-state index < -0.39 is 17.4 Å². The number of nitrogens with one attached hydrogen (secondary N) is 1. The Morgan fingerprint density at radius 2 is 1.93 bits per heavy atom. The zero-order valence-electron chi connectivity index (χ0n) is 7.37. The molecule has 15 heavy (non-hydrogen) atoms. The normalized spacial score (nSPS) is 9.73. The van der Waals surface area contributed by atoms with Crippen LogP contribution in [0.25, 0.3) is 0 Å². The monoisotopic (exact) mass is 248 g/mol. The van der Waals surface area contributed by atoms with E-state index >= 15 is 0 Å². The van der Waals surface area contributed by atoms with Gasteiger partial charge in [-0.15, -0.1) is 0 Å². The summed E-state index contributed by atoms with van der Waals surface area (Å²) in [6.45, 7) is -0.818. The van der Waals surface area contributed by atoms with Crippen LogP contribution in [0, 0.1) is 10.1 Å². The average molecular weight is 249 g/mol. The molecule has 1 amide bonds. The quantitative estimate of drug-likeness (QED) is 0.659. The molecule has 0 radical (unpaired) electrons. The number of benzene rings is 1. The second-order valence-corrected chi connectivity index (χ2v) is 3.45. The standard InChI is InChI=1S/C8H6Cl2N2O3/c9-5-2-1-3-6(10)8(5)11-7(13)4-12(14)15/h1-3H,4H2,(H,11,13). The first-order valence-corrected chi connectivity index (χ1v) is 4.62. The predicted molar refractivity (Wildman–Crippen MR) is 57.0 cm³/mol. The third-order valence-corrected chi connectivity index (χ3v) is 2.13. The summed E-state index contributed by atoms with van der Waals surface area (Å²) in [6.07, 6.45) is 0. The first-order valence-electron chi connectivity index (χ1n) is 3.86. The molecule has 1 aromatic rings. The maximum atomic E-state index is 11.1. The molecule has 0 fully saturated rings. The number of anilines is 1. The lowest BCUT2D eigenvalue weighted by Gasteiger charge is -2.06. The van der Waals surface area contributed by atoms with Gasteiger partial charge in [0.15, 0.2) is 0 Å². The molecule has 1 rings (SSSR count). The Bertz CT molecular complexity index is 389. The Morgan fingerprint density at radius 1 is 1.40 bits per heavy atom. The Labute approximate surface area is 95.1 Å². The van der Waals surface area contributed by atoms with Crippen LogP contribution in [0.2, 0.25) is 10.0 Å². The molecule has 0 aliphatic heterocycles. The number of carbonyl (C=O) groups excluding carboxylic acids is 1. The molecule has 0 aliphatic carbocycles.